The first-order valence-corrected chi connectivity index (χ1v) is 8.00. The highest BCUT2D eigenvalue weighted by Gasteiger charge is 2.22. The molecule has 1 aliphatic rings. The van der Waals surface area contributed by atoms with Crippen molar-refractivity contribution in [3.05, 3.63) is 56.2 Å². The van der Waals surface area contributed by atoms with E-state index >= 15 is 0 Å². The molecule has 8 heteroatoms. The summed E-state index contributed by atoms with van der Waals surface area (Å²) in [6, 6.07) is 7.78. The largest absolute Gasteiger partial charge is 0.332 e. The Morgan fingerprint density at radius 1 is 1.24 bits per heavy atom. The summed E-state index contributed by atoms with van der Waals surface area (Å²) in [6.07, 6.45) is 0. The van der Waals surface area contributed by atoms with Crippen molar-refractivity contribution in [2.75, 3.05) is 5.43 Å². The van der Waals surface area contributed by atoms with Gasteiger partial charge in [-0.15, -0.1) is 0 Å². The maximum Gasteiger partial charge on any atom is 0.332 e. The van der Waals surface area contributed by atoms with Crippen LogP contribution in [0.2, 0.25) is 0 Å². The second kappa shape index (κ2) is 5.44. The molecule has 3 aromatic rings. The number of rotatable bonds is 2. The second-order valence-corrected chi connectivity index (χ2v) is 6.37. The van der Waals surface area contributed by atoms with Gasteiger partial charge in [0.05, 0.1) is 18.8 Å². The van der Waals surface area contributed by atoms with E-state index in [1.807, 2.05) is 38.1 Å². The minimum absolute atomic E-state index is 0.226. The Labute approximate surface area is 143 Å². The Hall–Kier alpha value is -3.16. The number of anilines is 1. The molecule has 0 unspecified atom stereocenters. The number of aromatic nitrogens is 4. The van der Waals surface area contributed by atoms with Gasteiger partial charge in [-0.3, -0.25) is 18.5 Å². The molecule has 8 nitrogen and oxygen atoms in total. The van der Waals surface area contributed by atoms with E-state index in [1.165, 1.54) is 9.13 Å². The number of hydrogen-bond acceptors (Lipinski definition) is 5. The fraction of sp³-hybridized carbons (Fsp3) is 0.294. The van der Waals surface area contributed by atoms with Gasteiger partial charge in [-0.25, -0.2) is 10.2 Å². The fourth-order valence-corrected chi connectivity index (χ4v) is 3.15. The quantitative estimate of drug-likeness (QED) is 0.757. The summed E-state index contributed by atoms with van der Waals surface area (Å²) >= 11 is 0. The van der Waals surface area contributed by atoms with Crippen LogP contribution in [-0.4, -0.2) is 24.4 Å². The molecule has 3 heterocycles. The van der Waals surface area contributed by atoms with E-state index in [9.17, 15) is 9.59 Å². The van der Waals surface area contributed by atoms with Gasteiger partial charge in [-0.1, -0.05) is 29.8 Å². The van der Waals surface area contributed by atoms with Crippen molar-refractivity contribution in [1.29, 1.82) is 0 Å². The van der Waals surface area contributed by atoms with E-state index in [4.69, 9.17) is 0 Å². The number of nitrogens with zero attached hydrogens (tertiary/aromatic N) is 5. The van der Waals surface area contributed by atoms with Crippen molar-refractivity contribution in [2.45, 2.75) is 26.9 Å². The molecule has 0 bridgehead atoms. The number of imidazole rings is 1. The minimum atomic E-state index is -0.382. The van der Waals surface area contributed by atoms with Crippen LogP contribution >= 0.6 is 0 Å². The number of fused-ring (bicyclic) bond motifs is 3. The average Bonchev–Trinajstić information content (AvgIpc) is 2.96. The van der Waals surface area contributed by atoms with Crippen LogP contribution in [0.4, 0.5) is 5.95 Å². The molecule has 4 rings (SSSR count). The molecule has 0 saturated carbocycles. The average molecular weight is 338 g/mol. The monoisotopic (exact) mass is 338 g/mol. The highest BCUT2D eigenvalue weighted by molar-refractivity contribution is 5.87. The molecule has 1 aromatic carbocycles. The summed E-state index contributed by atoms with van der Waals surface area (Å²) in [5.41, 5.74) is 5.71. The summed E-state index contributed by atoms with van der Waals surface area (Å²) in [5.74, 6) is 0.473. The molecule has 0 spiro atoms. The number of nitrogens with one attached hydrogen (secondary N) is 1. The molecular weight excluding hydrogens is 320 g/mol. The van der Waals surface area contributed by atoms with Crippen LogP contribution in [0, 0.1) is 6.92 Å². The molecule has 0 saturated heterocycles. The third-order valence-electron chi connectivity index (χ3n) is 4.39. The van der Waals surface area contributed by atoms with Crippen molar-refractivity contribution in [3.8, 4) is 0 Å². The summed E-state index contributed by atoms with van der Waals surface area (Å²) < 4.78 is 4.44. The minimum Gasteiger partial charge on any atom is -0.297 e. The van der Waals surface area contributed by atoms with Crippen molar-refractivity contribution in [2.24, 2.45) is 12.1 Å². The van der Waals surface area contributed by atoms with Gasteiger partial charge in [0.25, 0.3) is 5.56 Å². The number of hydrogen-bond donors (Lipinski definition) is 1. The predicted molar refractivity (Wildman–Crippen MR) is 96.2 cm³/mol. The summed E-state index contributed by atoms with van der Waals surface area (Å²) in [6.45, 7) is 4.55. The van der Waals surface area contributed by atoms with Gasteiger partial charge in [-0.2, -0.15) is 10.1 Å². The zero-order chi connectivity index (χ0) is 17.7. The van der Waals surface area contributed by atoms with Gasteiger partial charge < -0.3 is 0 Å². The van der Waals surface area contributed by atoms with Crippen LogP contribution in [0.25, 0.3) is 11.2 Å². The topological polar surface area (TPSA) is 86.2 Å². The van der Waals surface area contributed by atoms with Gasteiger partial charge >= 0.3 is 5.69 Å². The highest BCUT2D eigenvalue weighted by Crippen LogP contribution is 2.18. The fourth-order valence-electron chi connectivity index (χ4n) is 3.15. The first-order valence-electron chi connectivity index (χ1n) is 8.00. The number of benzene rings is 1. The lowest BCUT2D eigenvalue weighted by molar-refractivity contribution is 0.654. The maximum atomic E-state index is 13.1. The molecule has 25 heavy (non-hydrogen) atoms. The zero-order valence-electron chi connectivity index (χ0n) is 14.3. The lowest BCUT2D eigenvalue weighted by Crippen LogP contribution is -2.40. The van der Waals surface area contributed by atoms with E-state index in [0.717, 1.165) is 16.8 Å². The number of aryl methyl sites for hydroxylation is 2. The van der Waals surface area contributed by atoms with E-state index in [-0.39, 0.29) is 17.8 Å². The number of hydrazone groups is 1. The molecule has 0 aliphatic carbocycles. The summed E-state index contributed by atoms with van der Waals surface area (Å²) in [4.78, 5) is 30.1. The van der Waals surface area contributed by atoms with E-state index in [1.54, 1.807) is 11.6 Å². The molecule has 0 amide bonds. The molecule has 2 aromatic heterocycles. The van der Waals surface area contributed by atoms with E-state index < -0.39 is 0 Å². The molecule has 0 radical (unpaired) electrons. The van der Waals surface area contributed by atoms with Gasteiger partial charge in [-0.05, 0) is 19.4 Å². The summed E-state index contributed by atoms with van der Waals surface area (Å²) in [7, 11) is 1.63. The highest BCUT2D eigenvalue weighted by atomic mass is 16.2. The van der Waals surface area contributed by atoms with Crippen molar-refractivity contribution < 1.29 is 0 Å². The van der Waals surface area contributed by atoms with Crippen molar-refractivity contribution >= 4 is 22.8 Å². The molecule has 0 fully saturated rings. The standard InChI is InChI=1S/C17H18N6O2/c1-10-5-4-6-12(7-10)9-23-15(24)13-14(21(3)17(23)25)18-16-20-19-11(2)8-22(13)16/h4-7H,8-9H2,1-3H3,(H,18,20). The van der Waals surface area contributed by atoms with Gasteiger partial charge in [0, 0.05) is 7.05 Å². The van der Waals surface area contributed by atoms with Crippen LogP contribution in [-0.2, 0) is 20.1 Å². The van der Waals surface area contributed by atoms with E-state index in [0.29, 0.717) is 23.7 Å². The third-order valence-corrected chi connectivity index (χ3v) is 4.39. The Morgan fingerprint density at radius 3 is 2.80 bits per heavy atom. The Balaban J connectivity index is 1.96. The van der Waals surface area contributed by atoms with E-state index in [2.05, 4.69) is 15.5 Å². The van der Waals surface area contributed by atoms with Crippen LogP contribution in [0.3, 0.4) is 0 Å². The molecule has 1 aliphatic heterocycles. The maximum absolute atomic E-state index is 13.1. The lowest BCUT2D eigenvalue weighted by Gasteiger charge is -2.14. The Kier molecular flexibility index (Phi) is 3.34. The molecule has 128 valence electrons. The third kappa shape index (κ3) is 2.37. The van der Waals surface area contributed by atoms with Gasteiger partial charge in [0.15, 0.2) is 11.2 Å². The molecule has 1 N–H and O–H groups in total. The molecular formula is C17H18N6O2. The lowest BCUT2D eigenvalue weighted by atomic mass is 10.1. The van der Waals surface area contributed by atoms with Crippen LogP contribution in [0.5, 0.6) is 0 Å². The first-order chi connectivity index (χ1) is 12.0. The first kappa shape index (κ1) is 15.4. The Morgan fingerprint density at radius 2 is 2.04 bits per heavy atom. The molecule has 0 atom stereocenters. The van der Waals surface area contributed by atoms with Crippen LogP contribution in [0.1, 0.15) is 18.1 Å². The zero-order valence-corrected chi connectivity index (χ0v) is 14.3. The smallest absolute Gasteiger partial charge is 0.297 e. The van der Waals surface area contributed by atoms with Crippen LogP contribution in [0.15, 0.2) is 39.0 Å². The predicted octanol–water partition coefficient (Wildman–Crippen LogP) is 1.05. The SMILES string of the molecule is CC1=NNc2nc3c(c(=O)n(Cc4cccc(C)c4)c(=O)n3C)n2C1. The normalized spacial score (nSPS) is 13.5. The van der Waals surface area contributed by atoms with Gasteiger partial charge in [0.2, 0.25) is 5.95 Å². The van der Waals surface area contributed by atoms with Crippen molar-refractivity contribution in [3.63, 3.8) is 0 Å². The van der Waals surface area contributed by atoms with Crippen LogP contribution < -0.4 is 16.7 Å². The van der Waals surface area contributed by atoms with Crippen molar-refractivity contribution in [1.82, 2.24) is 18.7 Å². The summed E-state index contributed by atoms with van der Waals surface area (Å²) in [5, 5.41) is 4.14. The second-order valence-electron chi connectivity index (χ2n) is 6.37. The van der Waals surface area contributed by atoms with Gasteiger partial charge in [0.1, 0.15) is 0 Å². The Bertz CT molecular complexity index is 1150.